The van der Waals surface area contributed by atoms with Crippen molar-refractivity contribution in [3.05, 3.63) is 42.1 Å². The highest BCUT2D eigenvalue weighted by atomic mass is 16.7. The van der Waals surface area contributed by atoms with Crippen LogP contribution in [0.25, 0.3) is 11.3 Å². The Hall–Kier alpha value is -2.18. The van der Waals surface area contributed by atoms with E-state index < -0.39 is 5.79 Å². The van der Waals surface area contributed by atoms with Gasteiger partial charge in [0.05, 0.1) is 18.0 Å². The number of aromatic nitrogens is 2. The van der Waals surface area contributed by atoms with E-state index in [1.54, 1.807) is 6.92 Å². The van der Waals surface area contributed by atoms with Crippen LogP contribution in [-0.4, -0.2) is 46.1 Å². The number of likely N-dealkylation sites (tertiary alicyclic amines) is 1. The van der Waals surface area contributed by atoms with Crippen LogP contribution in [0.15, 0.2) is 36.4 Å². The molecule has 6 heteroatoms. The summed E-state index contributed by atoms with van der Waals surface area (Å²) in [6.45, 7) is 3.50. The third kappa shape index (κ3) is 3.07. The third-order valence-corrected chi connectivity index (χ3v) is 5.14. The summed E-state index contributed by atoms with van der Waals surface area (Å²) in [7, 11) is 1.94. The van der Waals surface area contributed by atoms with Gasteiger partial charge >= 0.3 is 0 Å². The first-order valence-corrected chi connectivity index (χ1v) is 8.73. The van der Waals surface area contributed by atoms with Gasteiger partial charge in [0, 0.05) is 45.5 Å². The molecule has 2 aliphatic rings. The molecule has 0 saturated carbocycles. The molecule has 132 valence electrons. The predicted octanol–water partition coefficient (Wildman–Crippen LogP) is 2.51. The molecule has 1 aromatic carbocycles. The fraction of sp³-hybridized carbons (Fsp3) is 0.474. The van der Waals surface area contributed by atoms with Gasteiger partial charge in [0.25, 0.3) is 0 Å². The maximum atomic E-state index is 11.5. The van der Waals surface area contributed by atoms with Gasteiger partial charge in [0.2, 0.25) is 5.91 Å². The predicted molar refractivity (Wildman–Crippen MR) is 92.6 cm³/mol. The minimum atomic E-state index is -0.562. The highest BCUT2D eigenvalue weighted by Crippen LogP contribution is 2.40. The van der Waals surface area contributed by atoms with Crippen molar-refractivity contribution in [2.24, 2.45) is 7.05 Å². The Bertz CT molecular complexity index is 763. The number of hydrogen-bond acceptors (Lipinski definition) is 4. The van der Waals surface area contributed by atoms with E-state index in [1.807, 2.05) is 34.8 Å². The van der Waals surface area contributed by atoms with Gasteiger partial charge in [-0.1, -0.05) is 30.3 Å². The molecule has 25 heavy (non-hydrogen) atoms. The van der Waals surface area contributed by atoms with E-state index in [2.05, 4.69) is 23.3 Å². The molecule has 1 atom stereocenters. The fourth-order valence-corrected chi connectivity index (χ4v) is 3.66. The lowest BCUT2D eigenvalue weighted by molar-refractivity contribution is -0.196. The molecule has 2 aliphatic heterocycles. The lowest BCUT2D eigenvalue weighted by atomic mass is 10.0. The topological polar surface area (TPSA) is 56.6 Å². The zero-order valence-electron chi connectivity index (χ0n) is 14.6. The summed E-state index contributed by atoms with van der Waals surface area (Å²) in [6.07, 6.45) is 1.30. The second-order valence-electron chi connectivity index (χ2n) is 6.78. The minimum absolute atomic E-state index is 0.114. The second kappa shape index (κ2) is 6.28. The Morgan fingerprint density at radius 2 is 1.96 bits per heavy atom. The molecule has 0 bridgehead atoms. The molecule has 0 radical (unpaired) electrons. The summed E-state index contributed by atoms with van der Waals surface area (Å²) in [4.78, 5) is 13.4. The number of piperidine rings is 1. The SMILES string of the molecule is CC(=O)N1CCC2(CC1)OCC(c1cc(-c3ccccc3)nn1C)O2. The molecule has 2 saturated heterocycles. The molecule has 1 spiro atoms. The molecule has 1 aromatic heterocycles. The molecular formula is C19H23N3O3. The Labute approximate surface area is 147 Å². The number of aryl methyl sites for hydroxylation is 1. The van der Waals surface area contributed by atoms with Gasteiger partial charge in [-0.3, -0.25) is 9.48 Å². The second-order valence-corrected chi connectivity index (χ2v) is 6.78. The van der Waals surface area contributed by atoms with E-state index in [4.69, 9.17) is 9.47 Å². The number of rotatable bonds is 2. The van der Waals surface area contributed by atoms with Gasteiger partial charge in [0.15, 0.2) is 5.79 Å². The van der Waals surface area contributed by atoms with Crippen molar-refractivity contribution < 1.29 is 14.3 Å². The monoisotopic (exact) mass is 341 g/mol. The normalized spacial score (nSPS) is 22.5. The smallest absolute Gasteiger partial charge is 0.219 e. The Balaban J connectivity index is 1.49. The van der Waals surface area contributed by atoms with Crippen LogP contribution in [0.2, 0.25) is 0 Å². The van der Waals surface area contributed by atoms with E-state index in [1.165, 1.54) is 0 Å². The van der Waals surface area contributed by atoms with Gasteiger partial charge in [-0.25, -0.2) is 0 Å². The molecule has 2 fully saturated rings. The number of amides is 1. The average Bonchev–Trinajstić information content (AvgIpc) is 3.20. The highest BCUT2D eigenvalue weighted by molar-refractivity contribution is 5.73. The summed E-state index contributed by atoms with van der Waals surface area (Å²) < 4.78 is 14.2. The van der Waals surface area contributed by atoms with Gasteiger partial charge in [-0.15, -0.1) is 0 Å². The van der Waals surface area contributed by atoms with E-state index in [0.717, 1.165) is 17.0 Å². The highest BCUT2D eigenvalue weighted by Gasteiger charge is 2.45. The third-order valence-electron chi connectivity index (χ3n) is 5.14. The van der Waals surface area contributed by atoms with Crippen LogP contribution in [0.5, 0.6) is 0 Å². The van der Waals surface area contributed by atoms with Crippen LogP contribution in [0.1, 0.15) is 31.6 Å². The van der Waals surface area contributed by atoms with Crippen LogP contribution >= 0.6 is 0 Å². The number of nitrogens with zero attached hydrogens (tertiary/aromatic N) is 3. The molecule has 1 amide bonds. The summed E-state index contributed by atoms with van der Waals surface area (Å²) >= 11 is 0. The van der Waals surface area contributed by atoms with Crippen LogP contribution in [0.3, 0.4) is 0 Å². The molecule has 3 heterocycles. The number of carbonyl (C=O) groups is 1. The first-order chi connectivity index (χ1) is 12.1. The quantitative estimate of drug-likeness (QED) is 0.842. The van der Waals surface area contributed by atoms with Crippen molar-refractivity contribution in [1.82, 2.24) is 14.7 Å². The van der Waals surface area contributed by atoms with E-state index >= 15 is 0 Å². The zero-order chi connectivity index (χ0) is 17.4. The van der Waals surface area contributed by atoms with Crippen molar-refractivity contribution in [2.75, 3.05) is 19.7 Å². The lowest BCUT2D eigenvalue weighted by Crippen LogP contribution is -2.46. The number of carbonyl (C=O) groups excluding carboxylic acids is 1. The number of benzene rings is 1. The molecule has 6 nitrogen and oxygen atoms in total. The molecule has 0 aliphatic carbocycles. The van der Waals surface area contributed by atoms with Gasteiger partial charge in [0.1, 0.15) is 6.10 Å². The summed E-state index contributed by atoms with van der Waals surface area (Å²) in [6, 6.07) is 12.2. The van der Waals surface area contributed by atoms with Crippen LogP contribution in [0, 0.1) is 0 Å². The fourth-order valence-electron chi connectivity index (χ4n) is 3.66. The van der Waals surface area contributed by atoms with Crippen molar-refractivity contribution >= 4 is 5.91 Å². The number of hydrogen-bond donors (Lipinski definition) is 0. The summed E-state index contributed by atoms with van der Waals surface area (Å²) in [5.74, 6) is -0.447. The molecular weight excluding hydrogens is 318 g/mol. The van der Waals surface area contributed by atoms with Crippen molar-refractivity contribution in [3.63, 3.8) is 0 Å². The summed E-state index contributed by atoms with van der Waals surface area (Å²) in [5.41, 5.74) is 3.05. The molecule has 4 rings (SSSR count). The van der Waals surface area contributed by atoms with Crippen LogP contribution in [0.4, 0.5) is 0 Å². The molecule has 1 unspecified atom stereocenters. The maximum Gasteiger partial charge on any atom is 0.219 e. The first kappa shape index (κ1) is 16.3. The van der Waals surface area contributed by atoms with Crippen molar-refractivity contribution in [1.29, 1.82) is 0 Å². The van der Waals surface area contributed by atoms with Crippen molar-refractivity contribution in [3.8, 4) is 11.3 Å². The average molecular weight is 341 g/mol. The van der Waals surface area contributed by atoms with E-state index in [0.29, 0.717) is 32.5 Å². The zero-order valence-corrected chi connectivity index (χ0v) is 14.6. The maximum absolute atomic E-state index is 11.5. The van der Waals surface area contributed by atoms with E-state index in [9.17, 15) is 4.79 Å². The van der Waals surface area contributed by atoms with Gasteiger partial charge in [-0.05, 0) is 6.07 Å². The van der Waals surface area contributed by atoms with E-state index in [-0.39, 0.29) is 12.0 Å². The number of ether oxygens (including phenoxy) is 2. The largest absolute Gasteiger partial charge is 0.347 e. The summed E-state index contributed by atoms with van der Waals surface area (Å²) in [5, 5.41) is 4.62. The standard InChI is InChI=1S/C19H23N3O3/c1-14(23)22-10-8-19(9-11-22)24-13-18(25-19)17-12-16(20-21(17)2)15-6-4-3-5-7-15/h3-7,12,18H,8-11,13H2,1-2H3. The Morgan fingerprint density at radius 3 is 2.64 bits per heavy atom. The van der Waals surface area contributed by atoms with Crippen molar-refractivity contribution in [2.45, 2.75) is 31.7 Å². The van der Waals surface area contributed by atoms with Crippen LogP contribution in [-0.2, 0) is 21.3 Å². The molecule has 0 N–H and O–H groups in total. The van der Waals surface area contributed by atoms with Gasteiger partial charge in [-0.2, -0.15) is 5.10 Å². The Kier molecular flexibility index (Phi) is 4.09. The van der Waals surface area contributed by atoms with Gasteiger partial charge < -0.3 is 14.4 Å². The minimum Gasteiger partial charge on any atom is -0.347 e. The Morgan fingerprint density at radius 1 is 1.24 bits per heavy atom. The first-order valence-electron chi connectivity index (χ1n) is 8.73. The van der Waals surface area contributed by atoms with Crippen LogP contribution < -0.4 is 0 Å². The lowest BCUT2D eigenvalue weighted by Gasteiger charge is -2.37. The molecule has 2 aromatic rings.